The maximum atomic E-state index is 13.2. The van der Waals surface area contributed by atoms with Crippen molar-refractivity contribution in [3.63, 3.8) is 0 Å². The van der Waals surface area contributed by atoms with E-state index in [0.29, 0.717) is 34.5 Å². The Morgan fingerprint density at radius 1 is 1.18 bits per heavy atom. The van der Waals surface area contributed by atoms with E-state index in [1.165, 1.54) is 30.6 Å². The summed E-state index contributed by atoms with van der Waals surface area (Å²) < 4.78 is 33.1. The van der Waals surface area contributed by atoms with Gasteiger partial charge in [0.25, 0.3) is 0 Å². The average molecular weight is 519 g/mol. The Morgan fingerprint density at radius 2 is 1.97 bits per heavy atom. The van der Waals surface area contributed by atoms with Gasteiger partial charge in [-0.25, -0.2) is 13.4 Å². The third-order valence-corrected chi connectivity index (χ3v) is 8.39. The number of carbonyl (C=O) groups excluding carboxylic acids is 1. The van der Waals surface area contributed by atoms with Crippen molar-refractivity contribution in [2.75, 3.05) is 24.3 Å². The molecule has 0 unspecified atom stereocenters. The van der Waals surface area contributed by atoms with E-state index in [0.717, 1.165) is 4.70 Å². The van der Waals surface area contributed by atoms with Crippen LogP contribution in [0.2, 0.25) is 5.02 Å². The predicted octanol–water partition coefficient (Wildman–Crippen LogP) is 4.44. The summed E-state index contributed by atoms with van der Waals surface area (Å²) >= 11 is 7.65. The number of methoxy groups -OCH3 is 1. The topological polar surface area (TPSA) is 94.4 Å². The van der Waals surface area contributed by atoms with Gasteiger partial charge < -0.3 is 4.74 Å². The van der Waals surface area contributed by atoms with Gasteiger partial charge in [-0.15, -0.1) is 0 Å². The molecule has 4 aromatic rings. The van der Waals surface area contributed by atoms with Crippen LogP contribution >= 0.6 is 22.9 Å². The van der Waals surface area contributed by atoms with E-state index < -0.39 is 9.84 Å². The molecule has 0 saturated carbocycles. The number of halogens is 1. The Hall–Kier alpha value is -2.95. The monoisotopic (exact) mass is 518 g/mol. The summed E-state index contributed by atoms with van der Waals surface area (Å²) in [7, 11) is -2.00. The Kier molecular flexibility index (Phi) is 7.50. The van der Waals surface area contributed by atoms with E-state index in [2.05, 4.69) is 10.1 Å². The van der Waals surface area contributed by atoms with Crippen LogP contribution in [-0.4, -0.2) is 48.5 Å². The first kappa shape index (κ1) is 24.2. The molecule has 1 amide bonds. The number of fused-ring (bicyclic) bond motifs is 1. The molecule has 0 spiro atoms. The molecule has 4 rings (SSSR count). The first-order chi connectivity index (χ1) is 16.4. The number of aromatic nitrogens is 3. The smallest absolute Gasteiger partial charge is 0.228 e. The Bertz CT molecular complexity index is 1370. The number of sulfone groups is 1. The van der Waals surface area contributed by atoms with Gasteiger partial charge in [-0.3, -0.25) is 14.4 Å². The molecule has 11 heteroatoms. The van der Waals surface area contributed by atoms with Gasteiger partial charge in [0.15, 0.2) is 15.0 Å². The van der Waals surface area contributed by atoms with Gasteiger partial charge in [-0.2, -0.15) is 5.10 Å². The summed E-state index contributed by atoms with van der Waals surface area (Å²) in [5, 5.41) is 5.24. The van der Waals surface area contributed by atoms with E-state index in [9.17, 15) is 13.2 Å². The van der Waals surface area contributed by atoms with Crippen LogP contribution in [0.3, 0.4) is 0 Å². The molecule has 0 aliphatic heterocycles. The molecule has 2 aromatic heterocycles. The van der Waals surface area contributed by atoms with Crippen molar-refractivity contribution in [2.24, 2.45) is 0 Å². The van der Waals surface area contributed by atoms with Crippen molar-refractivity contribution in [1.82, 2.24) is 14.8 Å². The van der Waals surface area contributed by atoms with E-state index in [-0.39, 0.29) is 29.4 Å². The third kappa shape index (κ3) is 5.57. The zero-order chi connectivity index (χ0) is 24.1. The number of anilines is 1. The maximum Gasteiger partial charge on any atom is 0.228 e. The highest BCUT2D eigenvalue weighted by atomic mass is 35.5. The summed E-state index contributed by atoms with van der Waals surface area (Å²) in [5.74, 6) is 0.245. The van der Waals surface area contributed by atoms with Crippen LogP contribution in [0, 0.1) is 0 Å². The molecule has 8 nitrogen and oxygen atoms in total. The molecule has 0 bridgehead atoms. The second-order valence-electron chi connectivity index (χ2n) is 7.50. The lowest BCUT2D eigenvalue weighted by atomic mass is 10.3. The largest absolute Gasteiger partial charge is 0.497 e. The Labute approximate surface area is 206 Å². The molecule has 0 radical (unpaired) electrons. The van der Waals surface area contributed by atoms with Crippen molar-refractivity contribution in [2.45, 2.75) is 24.3 Å². The number of hydrogen-bond acceptors (Lipinski definition) is 7. The molecular formula is C23H23ClN4O4S2. The summed E-state index contributed by atoms with van der Waals surface area (Å²) in [5.41, 5.74) is 0.642. The van der Waals surface area contributed by atoms with Crippen LogP contribution in [-0.2, 0) is 21.2 Å². The summed E-state index contributed by atoms with van der Waals surface area (Å²) in [6, 6.07) is 13.5. The zero-order valence-corrected chi connectivity index (χ0v) is 20.8. The van der Waals surface area contributed by atoms with Crippen LogP contribution in [0.15, 0.2) is 65.8 Å². The van der Waals surface area contributed by atoms with E-state index in [1.807, 2.05) is 24.4 Å². The van der Waals surface area contributed by atoms with Crippen LogP contribution in [0.5, 0.6) is 5.75 Å². The average Bonchev–Trinajstić information content (AvgIpc) is 3.50. The molecular weight excluding hydrogens is 496 g/mol. The SMILES string of the molecule is COc1ccc(S(=O)(=O)CCCC(=O)N(CCn2cccn2)c2nc3c(Cl)cccc3s2)cc1. The molecule has 178 valence electrons. The van der Waals surface area contributed by atoms with Gasteiger partial charge in [0.05, 0.1) is 34.0 Å². The minimum atomic E-state index is -3.52. The normalized spacial score (nSPS) is 11.6. The van der Waals surface area contributed by atoms with Crippen LogP contribution in [0.4, 0.5) is 5.13 Å². The van der Waals surface area contributed by atoms with Crippen molar-refractivity contribution in [3.05, 3.63) is 65.9 Å². The molecule has 0 fully saturated rings. The van der Waals surface area contributed by atoms with Crippen molar-refractivity contribution in [3.8, 4) is 5.75 Å². The molecule has 0 atom stereocenters. The highest BCUT2D eigenvalue weighted by Crippen LogP contribution is 2.33. The van der Waals surface area contributed by atoms with E-state index >= 15 is 0 Å². The molecule has 0 aliphatic carbocycles. The van der Waals surface area contributed by atoms with Gasteiger partial charge in [0, 0.05) is 25.4 Å². The number of benzene rings is 2. The van der Waals surface area contributed by atoms with Crippen LogP contribution in [0.1, 0.15) is 12.8 Å². The fourth-order valence-electron chi connectivity index (χ4n) is 3.43. The van der Waals surface area contributed by atoms with Crippen LogP contribution in [0.25, 0.3) is 10.2 Å². The summed E-state index contributed by atoms with van der Waals surface area (Å²) in [6.45, 7) is 0.829. The minimum Gasteiger partial charge on any atom is -0.497 e. The van der Waals surface area contributed by atoms with Crippen molar-refractivity contribution < 1.29 is 17.9 Å². The van der Waals surface area contributed by atoms with Crippen molar-refractivity contribution >= 4 is 54.0 Å². The lowest BCUT2D eigenvalue weighted by Crippen LogP contribution is -2.34. The third-order valence-electron chi connectivity index (χ3n) is 5.22. The molecule has 0 aliphatic rings. The Morgan fingerprint density at radius 3 is 2.65 bits per heavy atom. The van der Waals surface area contributed by atoms with E-state index in [1.54, 1.807) is 34.0 Å². The number of ether oxygens (including phenoxy) is 1. The first-order valence-corrected chi connectivity index (χ1v) is 13.4. The minimum absolute atomic E-state index is 0.0676. The number of nitrogens with zero attached hydrogens (tertiary/aromatic N) is 4. The second-order valence-corrected chi connectivity index (χ2v) is 11.0. The Balaban J connectivity index is 1.47. The molecule has 0 N–H and O–H groups in total. The number of rotatable bonds is 10. The van der Waals surface area contributed by atoms with Gasteiger partial charge in [-0.05, 0) is 48.9 Å². The lowest BCUT2D eigenvalue weighted by molar-refractivity contribution is -0.118. The lowest BCUT2D eigenvalue weighted by Gasteiger charge is -2.20. The number of hydrogen-bond donors (Lipinski definition) is 0. The van der Waals surface area contributed by atoms with Gasteiger partial charge in [0.2, 0.25) is 5.91 Å². The van der Waals surface area contributed by atoms with Gasteiger partial charge in [-0.1, -0.05) is 29.0 Å². The zero-order valence-electron chi connectivity index (χ0n) is 18.4. The number of amides is 1. The highest BCUT2D eigenvalue weighted by molar-refractivity contribution is 7.91. The van der Waals surface area contributed by atoms with Gasteiger partial charge >= 0.3 is 0 Å². The summed E-state index contributed by atoms with van der Waals surface area (Å²) in [6.07, 6.45) is 3.75. The number of para-hydroxylation sites is 1. The molecule has 34 heavy (non-hydrogen) atoms. The number of carbonyl (C=O) groups is 1. The second kappa shape index (κ2) is 10.5. The summed E-state index contributed by atoms with van der Waals surface area (Å²) in [4.78, 5) is 19.6. The maximum absolute atomic E-state index is 13.2. The fourth-order valence-corrected chi connectivity index (χ4v) is 6.05. The first-order valence-electron chi connectivity index (χ1n) is 10.6. The molecule has 2 aromatic carbocycles. The quantitative estimate of drug-likeness (QED) is 0.308. The van der Waals surface area contributed by atoms with Crippen molar-refractivity contribution in [1.29, 1.82) is 0 Å². The molecule has 0 saturated heterocycles. The van der Waals surface area contributed by atoms with E-state index in [4.69, 9.17) is 16.3 Å². The predicted molar refractivity (Wildman–Crippen MR) is 133 cm³/mol. The molecule has 2 heterocycles. The van der Waals surface area contributed by atoms with Gasteiger partial charge in [0.1, 0.15) is 11.3 Å². The fraction of sp³-hybridized carbons (Fsp3) is 0.261. The number of thiazole rings is 1. The standard InChI is InChI=1S/C23H23ClN4O4S2/c1-32-17-8-10-18(11-9-17)34(30,31)16-3-7-21(29)28(15-14-27-13-4-12-25-27)23-26-22-19(24)5-2-6-20(22)33-23/h2,4-6,8-13H,3,7,14-16H2,1H3. The highest BCUT2D eigenvalue weighted by Gasteiger charge is 2.22. The van der Waals surface area contributed by atoms with Crippen LogP contribution < -0.4 is 9.64 Å².